The molecule has 0 spiro atoms. The summed E-state index contributed by atoms with van der Waals surface area (Å²) in [6.07, 6.45) is 0. The molecule has 0 amide bonds. The summed E-state index contributed by atoms with van der Waals surface area (Å²) in [7, 11) is 1.68. The molecule has 26 heavy (non-hydrogen) atoms. The maximum absolute atomic E-state index is 6.25. The van der Waals surface area contributed by atoms with E-state index in [2.05, 4.69) is 17.4 Å². The second-order valence-corrected chi connectivity index (χ2v) is 7.51. The molecule has 0 aliphatic carbocycles. The van der Waals surface area contributed by atoms with Crippen LogP contribution in [-0.4, -0.2) is 26.5 Å². The number of benzene rings is 1. The van der Waals surface area contributed by atoms with Crippen LogP contribution in [0.25, 0.3) is 37.1 Å². The molecule has 0 bridgehead atoms. The smallest absolute Gasteiger partial charge is 0.159 e. The van der Waals surface area contributed by atoms with Gasteiger partial charge in [-0.05, 0) is 30.7 Å². The summed E-state index contributed by atoms with van der Waals surface area (Å²) in [4.78, 5) is 15.5. The third kappa shape index (κ3) is 2.16. The molecule has 4 heterocycles. The Morgan fingerprint density at radius 1 is 1.19 bits per heavy atom. The number of methoxy groups -OCH3 is 1. The van der Waals surface area contributed by atoms with Gasteiger partial charge in [0, 0.05) is 12.5 Å². The summed E-state index contributed by atoms with van der Waals surface area (Å²) in [5.74, 6) is 1.11. The van der Waals surface area contributed by atoms with Crippen LogP contribution >= 0.6 is 22.9 Å². The number of rotatable bonds is 3. The monoisotopic (exact) mass is 382 g/mol. The SMILES string of the molecule is COCc1cc(C)c2c(n1)sc1c2nc(CCl)n2c3ccccc3nc12. The Hall–Kier alpha value is -2.28. The number of thiophene rings is 1. The number of pyridine rings is 1. The molecular formula is C19H15ClN4OS. The number of fused-ring (bicyclic) bond motifs is 7. The number of aryl methyl sites for hydroxylation is 1. The Morgan fingerprint density at radius 2 is 2.04 bits per heavy atom. The minimum absolute atomic E-state index is 0.318. The molecule has 0 unspecified atom stereocenters. The number of alkyl halides is 1. The van der Waals surface area contributed by atoms with Crippen molar-refractivity contribution < 1.29 is 4.74 Å². The van der Waals surface area contributed by atoms with Crippen LogP contribution < -0.4 is 0 Å². The molecule has 0 fully saturated rings. The number of aromatic nitrogens is 4. The zero-order valence-electron chi connectivity index (χ0n) is 14.3. The number of hydrogen-bond donors (Lipinski definition) is 0. The Labute approximate surface area is 158 Å². The van der Waals surface area contributed by atoms with Crippen molar-refractivity contribution >= 4 is 60.1 Å². The maximum Gasteiger partial charge on any atom is 0.159 e. The molecule has 5 rings (SSSR count). The van der Waals surface area contributed by atoms with Gasteiger partial charge in [0.15, 0.2) is 5.65 Å². The second-order valence-electron chi connectivity index (χ2n) is 6.24. The lowest BCUT2D eigenvalue weighted by Crippen LogP contribution is -1.99. The number of halogens is 1. The van der Waals surface area contributed by atoms with Crippen LogP contribution in [-0.2, 0) is 17.2 Å². The Bertz CT molecular complexity index is 1310. The van der Waals surface area contributed by atoms with Crippen LogP contribution in [0.1, 0.15) is 17.1 Å². The molecule has 0 aliphatic heterocycles. The predicted octanol–water partition coefficient (Wildman–Crippen LogP) is 4.84. The Kier molecular flexibility index (Phi) is 3.60. The standard InChI is InChI=1S/C19H15ClN4OS/c1-10-7-11(9-25-2)21-19-15(10)16-17(26-19)18-22-12-5-3-4-6-13(12)24(18)14(8-20)23-16/h3-7H,8-9H2,1-2H3. The second kappa shape index (κ2) is 5.87. The fourth-order valence-corrected chi connectivity index (χ4v) is 4.89. The van der Waals surface area contributed by atoms with E-state index < -0.39 is 0 Å². The van der Waals surface area contributed by atoms with E-state index >= 15 is 0 Å². The molecule has 130 valence electrons. The lowest BCUT2D eigenvalue weighted by atomic mass is 10.1. The average molecular weight is 383 g/mol. The van der Waals surface area contributed by atoms with Crippen LogP contribution in [0.4, 0.5) is 0 Å². The molecule has 7 heteroatoms. The Morgan fingerprint density at radius 3 is 2.85 bits per heavy atom. The van der Waals surface area contributed by atoms with E-state index in [-0.39, 0.29) is 0 Å². The lowest BCUT2D eigenvalue weighted by molar-refractivity contribution is 0.182. The highest BCUT2D eigenvalue weighted by atomic mass is 35.5. The predicted molar refractivity (Wildman–Crippen MR) is 106 cm³/mol. The highest BCUT2D eigenvalue weighted by Crippen LogP contribution is 2.37. The minimum atomic E-state index is 0.318. The van der Waals surface area contributed by atoms with Gasteiger partial charge in [-0.25, -0.2) is 15.0 Å². The van der Waals surface area contributed by atoms with Gasteiger partial charge in [-0.2, -0.15) is 0 Å². The van der Waals surface area contributed by atoms with Crippen molar-refractivity contribution in [1.82, 2.24) is 19.4 Å². The van der Waals surface area contributed by atoms with Crippen LogP contribution in [0.15, 0.2) is 30.3 Å². The van der Waals surface area contributed by atoms with Gasteiger partial charge in [-0.15, -0.1) is 22.9 Å². The van der Waals surface area contributed by atoms with E-state index in [1.54, 1.807) is 18.4 Å². The average Bonchev–Trinajstić information content (AvgIpc) is 3.19. The molecule has 1 aromatic carbocycles. The van der Waals surface area contributed by atoms with E-state index in [1.807, 2.05) is 24.3 Å². The summed E-state index contributed by atoms with van der Waals surface area (Å²) < 4.78 is 8.34. The summed E-state index contributed by atoms with van der Waals surface area (Å²) in [6, 6.07) is 10.1. The first-order chi connectivity index (χ1) is 12.7. The van der Waals surface area contributed by atoms with E-state index in [9.17, 15) is 0 Å². The van der Waals surface area contributed by atoms with Crippen molar-refractivity contribution in [3.63, 3.8) is 0 Å². The van der Waals surface area contributed by atoms with E-state index in [0.717, 1.165) is 54.2 Å². The van der Waals surface area contributed by atoms with Crippen LogP contribution in [0, 0.1) is 6.92 Å². The lowest BCUT2D eigenvalue weighted by Gasteiger charge is -2.05. The largest absolute Gasteiger partial charge is 0.378 e. The summed E-state index contributed by atoms with van der Waals surface area (Å²) in [6.45, 7) is 2.58. The number of hydrogen-bond acceptors (Lipinski definition) is 5. The molecule has 0 radical (unpaired) electrons. The molecule has 0 atom stereocenters. The van der Waals surface area contributed by atoms with Gasteiger partial charge in [0.1, 0.15) is 10.7 Å². The van der Waals surface area contributed by atoms with Crippen LogP contribution in [0.3, 0.4) is 0 Å². The maximum atomic E-state index is 6.25. The Balaban J connectivity index is 1.98. The van der Waals surface area contributed by atoms with Crippen molar-refractivity contribution in [2.24, 2.45) is 0 Å². The fraction of sp³-hybridized carbons (Fsp3) is 0.211. The van der Waals surface area contributed by atoms with Gasteiger partial charge >= 0.3 is 0 Å². The first-order valence-electron chi connectivity index (χ1n) is 8.25. The molecule has 0 saturated heterocycles. The summed E-state index contributed by atoms with van der Waals surface area (Å²) >= 11 is 7.87. The van der Waals surface area contributed by atoms with Gasteiger partial charge in [-0.3, -0.25) is 4.40 Å². The summed E-state index contributed by atoms with van der Waals surface area (Å²) in [5, 5.41) is 1.07. The van der Waals surface area contributed by atoms with E-state index in [0.29, 0.717) is 12.5 Å². The molecular weight excluding hydrogens is 368 g/mol. The van der Waals surface area contributed by atoms with Crippen LogP contribution in [0.5, 0.6) is 0 Å². The van der Waals surface area contributed by atoms with Crippen molar-refractivity contribution in [2.75, 3.05) is 7.11 Å². The van der Waals surface area contributed by atoms with Gasteiger partial charge in [-0.1, -0.05) is 12.1 Å². The molecule has 0 aliphatic rings. The van der Waals surface area contributed by atoms with Gasteiger partial charge in [0.05, 0.1) is 39.4 Å². The van der Waals surface area contributed by atoms with E-state index in [1.165, 1.54) is 0 Å². The highest BCUT2D eigenvalue weighted by Gasteiger charge is 2.19. The fourth-order valence-electron chi connectivity index (χ4n) is 3.52. The van der Waals surface area contributed by atoms with Gasteiger partial charge in [0.25, 0.3) is 0 Å². The van der Waals surface area contributed by atoms with Gasteiger partial charge < -0.3 is 4.74 Å². The van der Waals surface area contributed by atoms with Crippen LogP contribution in [0.2, 0.25) is 0 Å². The van der Waals surface area contributed by atoms with E-state index in [4.69, 9.17) is 31.3 Å². The first-order valence-corrected chi connectivity index (χ1v) is 9.60. The number of imidazole rings is 1. The minimum Gasteiger partial charge on any atom is -0.378 e. The quantitative estimate of drug-likeness (QED) is 0.419. The normalized spacial score (nSPS) is 12.1. The molecule has 5 aromatic rings. The highest BCUT2D eigenvalue weighted by molar-refractivity contribution is 7.26. The summed E-state index contributed by atoms with van der Waals surface area (Å²) in [5.41, 5.74) is 5.85. The zero-order valence-corrected chi connectivity index (χ0v) is 15.9. The topological polar surface area (TPSA) is 52.3 Å². The van der Waals surface area contributed by atoms with Crippen molar-refractivity contribution in [1.29, 1.82) is 0 Å². The number of nitrogens with zero attached hydrogens (tertiary/aromatic N) is 4. The van der Waals surface area contributed by atoms with Crippen molar-refractivity contribution in [3.8, 4) is 0 Å². The first kappa shape index (κ1) is 15.9. The number of para-hydroxylation sites is 2. The molecule has 0 saturated carbocycles. The molecule has 0 N–H and O–H groups in total. The zero-order chi connectivity index (χ0) is 17.8. The third-order valence-electron chi connectivity index (χ3n) is 4.56. The van der Waals surface area contributed by atoms with Gasteiger partial charge in [0.2, 0.25) is 0 Å². The number of ether oxygens (including phenoxy) is 1. The molecule has 4 aromatic heterocycles. The van der Waals surface area contributed by atoms with Crippen molar-refractivity contribution in [2.45, 2.75) is 19.4 Å². The van der Waals surface area contributed by atoms with Crippen molar-refractivity contribution in [3.05, 3.63) is 47.4 Å². The molecule has 5 nitrogen and oxygen atoms in total. The third-order valence-corrected chi connectivity index (χ3v) is 5.87.